The Kier molecular flexibility index (Phi) is 5.46. The van der Waals surface area contributed by atoms with Gasteiger partial charge in [-0.1, -0.05) is 38.1 Å². The van der Waals surface area contributed by atoms with Gasteiger partial charge in [-0.15, -0.1) is 0 Å². The third-order valence-electron chi connectivity index (χ3n) is 5.00. The van der Waals surface area contributed by atoms with Gasteiger partial charge in [0.2, 0.25) is 0 Å². The lowest BCUT2D eigenvalue weighted by Crippen LogP contribution is -2.11. The van der Waals surface area contributed by atoms with Crippen LogP contribution in [0.3, 0.4) is 0 Å². The molecule has 128 valence electrons. The van der Waals surface area contributed by atoms with Crippen LogP contribution in [0.4, 0.5) is 0 Å². The second-order valence-electron chi connectivity index (χ2n) is 7.03. The second kappa shape index (κ2) is 7.19. The molecule has 0 radical (unpaired) electrons. The average molecular weight is 327 g/mol. The molecule has 2 rings (SSSR count). The molecule has 0 bridgehead atoms. The standard InChI is InChI=1S/C20H25NO3/c1-13(10-21)9-17-18(20(17,3)4)19(22)24-12-16-8-6-7-15(11-23-5)14(16)2/h6-9,17-18H,11-12H2,1-5H3/b13-9-/t17-,18+/m1/s1. The summed E-state index contributed by atoms with van der Waals surface area (Å²) in [5, 5.41) is 8.91. The molecule has 2 atom stereocenters. The smallest absolute Gasteiger partial charge is 0.310 e. The molecule has 24 heavy (non-hydrogen) atoms. The van der Waals surface area contributed by atoms with E-state index in [0.29, 0.717) is 12.2 Å². The maximum atomic E-state index is 12.4. The Bertz CT molecular complexity index is 697. The van der Waals surface area contributed by atoms with Gasteiger partial charge in [0, 0.05) is 12.7 Å². The fraction of sp³-hybridized carbons (Fsp3) is 0.500. The SMILES string of the molecule is COCc1cccc(COC(=O)[C@@H]2[C@@H](/C=C(/C)C#N)C2(C)C)c1C. The summed E-state index contributed by atoms with van der Waals surface area (Å²) in [6, 6.07) is 8.05. The lowest BCUT2D eigenvalue weighted by molar-refractivity contribution is -0.147. The number of benzene rings is 1. The number of hydrogen-bond donors (Lipinski definition) is 0. The number of esters is 1. The van der Waals surface area contributed by atoms with Crippen molar-refractivity contribution < 1.29 is 14.3 Å². The predicted octanol–water partition coefficient (Wildman–Crippen LogP) is 3.93. The fourth-order valence-corrected chi connectivity index (χ4v) is 3.19. The van der Waals surface area contributed by atoms with Crippen molar-refractivity contribution in [2.24, 2.45) is 17.3 Å². The number of carbonyl (C=O) groups is 1. The lowest BCUT2D eigenvalue weighted by Gasteiger charge is -2.11. The third-order valence-corrected chi connectivity index (χ3v) is 5.00. The molecule has 0 saturated heterocycles. The molecule has 0 heterocycles. The van der Waals surface area contributed by atoms with Crippen molar-refractivity contribution in [1.82, 2.24) is 0 Å². The molecule has 0 N–H and O–H groups in total. The second-order valence-corrected chi connectivity index (χ2v) is 7.03. The van der Waals surface area contributed by atoms with E-state index in [1.54, 1.807) is 14.0 Å². The van der Waals surface area contributed by atoms with E-state index in [2.05, 4.69) is 6.07 Å². The van der Waals surface area contributed by atoms with Crippen molar-refractivity contribution in [1.29, 1.82) is 5.26 Å². The first-order valence-electron chi connectivity index (χ1n) is 8.14. The van der Waals surface area contributed by atoms with Gasteiger partial charge in [-0.25, -0.2) is 0 Å². The highest BCUT2D eigenvalue weighted by molar-refractivity contribution is 5.78. The van der Waals surface area contributed by atoms with Crippen LogP contribution in [0.25, 0.3) is 0 Å². The van der Waals surface area contributed by atoms with E-state index in [1.807, 2.05) is 45.0 Å². The van der Waals surface area contributed by atoms with Crippen LogP contribution >= 0.6 is 0 Å². The minimum atomic E-state index is -0.191. The molecule has 0 unspecified atom stereocenters. The maximum absolute atomic E-state index is 12.4. The largest absolute Gasteiger partial charge is 0.461 e. The summed E-state index contributed by atoms with van der Waals surface area (Å²) in [6.07, 6.45) is 1.89. The van der Waals surface area contributed by atoms with Crippen molar-refractivity contribution in [2.45, 2.75) is 40.9 Å². The van der Waals surface area contributed by atoms with Gasteiger partial charge < -0.3 is 9.47 Å². The van der Waals surface area contributed by atoms with E-state index in [-0.39, 0.29) is 29.8 Å². The molecular formula is C20H25NO3. The number of hydrogen-bond acceptors (Lipinski definition) is 4. The summed E-state index contributed by atoms with van der Waals surface area (Å²) in [5.74, 6) is -0.294. The summed E-state index contributed by atoms with van der Waals surface area (Å²) in [5.41, 5.74) is 3.69. The Morgan fingerprint density at radius 2 is 1.96 bits per heavy atom. The van der Waals surface area contributed by atoms with Crippen LogP contribution in [-0.2, 0) is 27.5 Å². The minimum Gasteiger partial charge on any atom is -0.461 e. The Hall–Kier alpha value is -2.12. The van der Waals surface area contributed by atoms with Crippen molar-refractivity contribution in [3.63, 3.8) is 0 Å². The topological polar surface area (TPSA) is 59.3 Å². The molecule has 1 aliphatic rings. The highest BCUT2D eigenvalue weighted by Crippen LogP contribution is 2.59. The monoisotopic (exact) mass is 327 g/mol. The van der Waals surface area contributed by atoms with Gasteiger partial charge in [0.15, 0.2) is 0 Å². The molecule has 0 spiro atoms. The van der Waals surface area contributed by atoms with Gasteiger partial charge in [0.05, 0.1) is 18.6 Å². The number of carbonyl (C=O) groups excluding carboxylic acids is 1. The quantitative estimate of drug-likeness (QED) is 0.587. The summed E-state index contributed by atoms with van der Waals surface area (Å²) in [6.45, 7) is 8.66. The number of ether oxygens (including phenoxy) is 2. The van der Waals surface area contributed by atoms with Crippen LogP contribution < -0.4 is 0 Å². The average Bonchev–Trinajstić information content (AvgIpc) is 3.08. The molecule has 1 aliphatic carbocycles. The number of nitriles is 1. The van der Waals surface area contributed by atoms with Crippen LogP contribution in [0.5, 0.6) is 0 Å². The van der Waals surface area contributed by atoms with E-state index in [0.717, 1.165) is 16.7 Å². The number of methoxy groups -OCH3 is 1. The van der Waals surface area contributed by atoms with Crippen molar-refractivity contribution >= 4 is 5.97 Å². The zero-order valence-corrected chi connectivity index (χ0v) is 15.1. The summed E-state index contributed by atoms with van der Waals surface area (Å²) < 4.78 is 10.7. The van der Waals surface area contributed by atoms with Crippen LogP contribution in [-0.4, -0.2) is 13.1 Å². The van der Waals surface area contributed by atoms with Gasteiger partial charge in [0.25, 0.3) is 0 Å². The predicted molar refractivity (Wildman–Crippen MR) is 91.8 cm³/mol. The molecule has 0 aliphatic heterocycles. The fourth-order valence-electron chi connectivity index (χ4n) is 3.19. The molecule has 0 aromatic heterocycles. The molecule has 4 nitrogen and oxygen atoms in total. The normalized spacial score (nSPS) is 21.9. The molecule has 1 aromatic rings. The Balaban J connectivity index is 2.02. The van der Waals surface area contributed by atoms with E-state index in [1.165, 1.54) is 0 Å². The van der Waals surface area contributed by atoms with Crippen LogP contribution in [0, 0.1) is 35.5 Å². The number of rotatable bonds is 6. The molecular weight excluding hydrogens is 302 g/mol. The zero-order chi connectivity index (χ0) is 17.9. The van der Waals surface area contributed by atoms with E-state index < -0.39 is 0 Å². The van der Waals surface area contributed by atoms with Gasteiger partial charge in [-0.3, -0.25) is 4.79 Å². The Labute approximate surface area is 144 Å². The van der Waals surface area contributed by atoms with Gasteiger partial charge >= 0.3 is 5.97 Å². The summed E-state index contributed by atoms with van der Waals surface area (Å²) in [4.78, 5) is 12.4. The number of nitrogens with zero attached hydrogens (tertiary/aromatic N) is 1. The first-order chi connectivity index (χ1) is 11.3. The highest BCUT2D eigenvalue weighted by atomic mass is 16.5. The summed E-state index contributed by atoms with van der Waals surface area (Å²) >= 11 is 0. The van der Waals surface area contributed by atoms with Gasteiger partial charge in [-0.2, -0.15) is 5.26 Å². The summed E-state index contributed by atoms with van der Waals surface area (Å²) in [7, 11) is 1.66. The van der Waals surface area contributed by atoms with E-state index >= 15 is 0 Å². The van der Waals surface area contributed by atoms with Gasteiger partial charge in [-0.05, 0) is 41.9 Å². The van der Waals surface area contributed by atoms with Crippen LogP contribution in [0.1, 0.15) is 37.5 Å². The number of allylic oxidation sites excluding steroid dienone is 2. The first-order valence-corrected chi connectivity index (χ1v) is 8.14. The van der Waals surface area contributed by atoms with E-state index in [4.69, 9.17) is 14.7 Å². The van der Waals surface area contributed by atoms with Gasteiger partial charge in [0.1, 0.15) is 6.61 Å². The lowest BCUT2D eigenvalue weighted by atomic mass is 10.0. The van der Waals surface area contributed by atoms with Crippen LogP contribution in [0.15, 0.2) is 29.8 Å². The van der Waals surface area contributed by atoms with E-state index in [9.17, 15) is 4.79 Å². The highest BCUT2D eigenvalue weighted by Gasteiger charge is 2.61. The maximum Gasteiger partial charge on any atom is 0.310 e. The molecule has 1 fully saturated rings. The molecule has 1 aromatic carbocycles. The Morgan fingerprint density at radius 3 is 2.54 bits per heavy atom. The molecule has 0 amide bonds. The van der Waals surface area contributed by atoms with Crippen molar-refractivity contribution in [2.75, 3.05) is 7.11 Å². The van der Waals surface area contributed by atoms with Crippen molar-refractivity contribution in [3.05, 3.63) is 46.5 Å². The minimum absolute atomic E-state index is 0.0746. The molecule has 4 heteroatoms. The Morgan fingerprint density at radius 1 is 1.33 bits per heavy atom. The third kappa shape index (κ3) is 3.68. The van der Waals surface area contributed by atoms with Crippen molar-refractivity contribution in [3.8, 4) is 6.07 Å². The molecule has 1 saturated carbocycles. The van der Waals surface area contributed by atoms with Crippen LogP contribution in [0.2, 0.25) is 0 Å². The zero-order valence-electron chi connectivity index (χ0n) is 15.1. The first kappa shape index (κ1) is 18.2.